The predicted molar refractivity (Wildman–Crippen MR) is 123 cm³/mol. The van der Waals surface area contributed by atoms with Crippen LogP contribution in [0.2, 0.25) is 0 Å². The first kappa shape index (κ1) is 21.2. The number of aromatic nitrogens is 1. The fraction of sp³-hybridized carbons (Fsp3) is 0.308. The van der Waals surface area contributed by atoms with Crippen LogP contribution in [0.15, 0.2) is 85.2 Å². The Morgan fingerprint density at radius 3 is 1.97 bits per heavy atom. The molecule has 3 aromatic rings. The van der Waals surface area contributed by atoms with Crippen LogP contribution in [-0.4, -0.2) is 52.9 Å². The van der Waals surface area contributed by atoms with Crippen LogP contribution in [0.4, 0.5) is 0 Å². The highest BCUT2D eigenvalue weighted by Crippen LogP contribution is 2.22. The molecule has 5 heteroatoms. The van der Waals surface area contributed by atoms with Crippen molar-refractivity contribution in [2.24, 2.45) is 0 Å². The van der Waals surface area contributed by atoms with Gasteiger partial charge in [-0.05, 0) is 35.7 Å². The van der Waals surface area contributed by atoms with Crippen LogP contribution in [0.3, 0.4) is 0 Å². The Bertz CT molecular complexity index is 901. The summed E-state index contributed by atoms with van der Waals surface area (Å²) in [4.78, 5) is 22.0. The van der Waals surface area contributed by atoms with Gasteiger partial charge in [0.25, 0.3) is 0 Å². The largest absolute Gasteiger partial charge is 0.344 e. The number of amides is 1. The van der Waals surface area contributed by atoms with Gasteiger partial charge in [-0.2, -0.15) is 0 Å². The van der Waals surface area contributed by atoms with Gasteiger partial charge >= 0.3 is 0 Å². The van der Waals surface area contributed by atoms with E-state index in [1.54, 1.807) is 0 Å². The molecule has 1 aromatic heterocycles. The van der Waals surface area contributed by atoms with Crippen molar-refractivity contribution in [1.29, 1.82) is 0 Å². The van der Waals surface area contributed by atoms with Gasteiger partial charge in [0.2, 0.25) is 5.91 Å². The maximum atomic E-state index is 13.2. The monoisotopic (exact) mass is 414 g/mol. The normalized spacial score (nSPS) is 16.2. The molecule has 1 unspecified atom stereocenters. The number of piperazine rings is 1. The lowest BCUT2D eigenvalue weighted by atomic mass is 9.98. The van der Waals surface area contributed by atoms with Crippen molar-refractivity contribution in [1.82, 2.24) is 20.1 Å². The molecule has 0 saturated carbocycles. The Hall–Kier alpha value is -3.02. The van der Waals surface area contributed by atoms with Gasteiger partial charge in [0, 0.05) is 45.1 Å². The lowest BCUT2D eigenvalue weighted by Gasteiger charge is -2.38. The number of benzene rings is 2. The number of nitrogens with zero attached hydrogens (tertiary/aromatic N) is 3. The third-order valence-electron chi connectivity index (χ3n) is 6.04. The molecule has 1 aliphatic heterocycles. The van der Waals surface area contributed by atoms with Crippen LogP contribution in [0.5, 0.6) is 0 Å². The maximum absolute atomic E-state index is 13.2. The van der Waals surface area contributed by atoms with Gasteiger partial charge in [0.1, 0.15) is 0 Å². The third kappa shape index (κ3) is 5.57. The lowest BCUT2D eigenvalue weighted by molar-refractivity contribution is -0.127. The summed E-state index contributed by atoms with van der Waals surface area (Å²) in [6.45, 7) is 6.64. The van der Waals surface area contributed by atoms with Crippen molar-refractivity contribution < 1.29 is 4.79 Å². The van der Waals surface area contributed by atoms with Crippen molar-refractivity contribution in [2.45, 2.75) is 25.6 Å². The van der Waals surface area contributed by atoms with Crippen molar-refractivity contribution >= 4 is 5.91 Å². The zero-order valence-electron chi connectivity index (χ0n) is 18.0. The molecule has 1 fully saturated rings. The summed E-state index contributed by atoms with van der Waals surface area (Å²) in [5, 5.41) is 3.30. The fourth-order valence-electron chi connectivity index (χ4n) is 4.13. The highest BCUT2D eigenvalue weighted by atomic mass is 16.2. The van der Waals surface area contributed by atoms with Gasteiger partial charge in [-0.25, -0.2) is 0 Å². The van der Waals surface area contributed by atoms with Gasteiger partial charge in [-0.1, -0.05) is 60.7 Å². The standard InChI is InChI=1S/C26H30N4O/c1-21(30-18-16-29(17-19-30)20-22-12-14-27-15-13-22)26(31)28-25(23-8-4-2-5-9-23)24-10-6-3-7-11-24/h2-15,21,25H,16-20H2,1H3,(H,28,31). The van der Waals surface area contributed by atoms with E-state index in [1.165, 1.54) is 5.56 Å². The summed E-state index contributed by atoms with van der Waals surface area (Å²) in [6.07, 6.45) is 3.68. The SMILES string of the molecule is CC(C(=O)NC(c1ccccc1)c1ccccc1)N1CCN(Cc2ccncc2)CC1. The first-order valence-electron chi connectivity index (χ1n) is 11.0. The molecule has 1 N–H and O–H groups in total. The number of nitrogens with one attached hydrogen (secondary N) is 1. The first-order chi connectivity index (χ1) is 15.2. The topological polar surface area (TPSA) is 48.5 Å². The van der Waals surface area contributed by atoms with E-state index in [9.17, 15) is 4.79 Å². The van der Waals surface area contributed by atoms with Crippen LogP contribution >= 0.6 is 0 Å². The first-order valence-corrected chi connectivity index (χ1v) is 11.0. The van der Waals surface area contributed by atoms with E-state index < -0.39 is 0 Å². The molecule has 1 aliphatic rings. The summed E-state index contributed by atoms with van der Waals surface area (Å²) >= 11 is 0. The molecule has 0 spiro atoms. The van der Waals surface area contributed by atoms with Crippen LogP contribution in [0, 0.1) is 0 Å². The minimum absolute atomic E-state index is 0.0697. The zero-order chi connectivity index (χ0) is 21.5. The molecule has 1 atom stereocenters. The summed E-state index contributed by atoms with van der Waals surface area (Å²) in [7, 11) is 0. The molecule has 1 amide bonds. The molecule has 2 heterocycles. The Labute approximate surface area is 184 Å². The van der Waals surface area contributed by atoms with Crippen LogP contribution in [0.1, 0.15) is 29.7 Å². The van der Waals surface area contributed by atoms with Gasteiger partial charge < -0.3 is 5.32 Å². The average molecular weight is 415 g/mol. The van der Waals surface area contributed by atoms with E-state index in [0.717, 1.165) is 43.9 Å². The number of hydrogen-bond donors (Lipinski definition) is 1. The number of carbonyl (C=O) groups is 1. The molecule has 1 saturated heterocycles. The molecular weight excluding hydrogens is 384 g/mol. The molecule has 5 nitrogen and oxygen atoms in total. The van der Waals surface area contributed by atoms with Crippen molar-refractivity contribution in [3.05, 3.63) is 102 Å². The third-order valence-corrected chi connectivity index (χ3v) is 6.04. The minimum Gasteiger partial charge on any atom is -0.344 e. The van der Waals surface area contributed by atoms with E-state index >= 15 is 0 Å². The molecule has 160 valence electrons. The Kier molecular flexibility index (Phi) is 7.07. The van der Waals surface area contributed by atoms with E-state index in [4.69, 9.17) is 0 Å². The van der Waals surface area contributed by atoms with Crippen molar-refractivity contribution in [2.75, 3.05) is 26.2 Å². The summed E-state index contributed by atoms with van der Waals surface area (Å²) < 4.78 is 0. The number of rotatable bonds is 7. The lowest BCUT2D eigenvalue weighted by Crippen LogP contribution is -2.54. The second-order valence-corrected chi connectivity index (χ2v) is 8.11. The molecule has 2 aromatic carbocycles. The average Bonchev–Trinajstić information content (AvgIpc) is 2.84. The Morgan fingerprint density at radius 1 is 0.871 bits per heavy atom. The van der Waals surface area contributed by atoms with Crippen molar-refractivity contribution in [3.8, 4) is 0 Å². The van der Waals surface area contributed by atoms with E-state index in [1.807, 2.05) is 55.7 Å². The van der Waals surface area contributed by atoms with Crippen LogP contribution in [0.25, 0.3) is 0 Å². The van der Waals surface area contributed by atoms with Crippen LogP contribution < -0.4 is 5.32 Å². The van der Waals surface area contributed by atoms with Gasteiger partial charge in [0.05, 0.1) is 12.1 Å². The number of hydrogen-bond acceptors (Lipinski definition) is 4. The minimum atomic E-state index is -0.169. The van der Waals surface area contributed by atoms with Crippen molar-refractivity contribution in [3.63, 3.8) is 0 Å². The van der Waals surface area contributed by atoms with Gasteiger partial charge in [0.15, 0.2) is 0 Å². The van der Waals surface area contributed by atoms with Gasteiger partial charge in [-0.15, -0.1) is 0 Å². The Balaban J connectivity index is 1.37. The molecular formula is C26H30N4O. The second-order valence-electron chi connectivity index (χ2n) is 8.11. The molecule has 4 rings (SSSR count). The molecule has 0 bridgehead atoms. The summed E-state index contributed by atoms with van der Waals surface area (Å²) in [5.74, 6) is 0.0697. The smallest absolute Gasteiger partial charge is 0.237 e. The molecule has 0 radical (unpaired) electrons. The number of carbonyl (C=O) groups excluding carboxylic acids is 1. The Morgan fingerprint density at radius 2 is 1.42 bits per heavy atom. The zero-order valence-corrected chi connectivity index (χ0v) is 18.0. The van der Waals surface area contributed by atoms with E-state index in [2.05, 4.69) is 56.5 Å². The fourth-order valence-corrected chi connectivity index (χ4v) is 4.13. The highest BCUT2D eigenvalue weighted by Gasteiger charge is 2.27. The molecule has 0 aliphatic carbocycles. The summed E-state index contributed by atoms with van der Waals surface area (Å²) in [5.41, 5.74) is 3.47. The van der Waals surface area contributed by atoms with E-state index in [0.29, 0.717) is 0 Å². The highest BCUT2D eigenvalue weighted by molar-refractivity contribution is 5.82. The number of pyridine rings is 1. The second kappa shape index (κ2) is 10.3. The van der Waals surface area contributed by atoms with Crippen LogP contribution in [-0.2, 0) is 11.3 Å². The summed E-state index contributed by atoms with van der Waals surface area (Å²) in [6, 6.07) is 24.2. The van der Waals surface area contributed by atoms with Gasteiger partial charge in [-0.3, -0.25) is 19.6 Å². The molecule has 31 heavy (non-hydrogen) atoms. The van der Waals surface area contributed by atoms with E-state index in [-0.39, 0.29) is 18.0 Å². The maximum Gasteiger partial charge on any atom is 0.237 e. The quantitative estimate of drug-likeness (QED) is 0.643. The predicted octanol–water partition coefficient (Wildman–Crippen LogP) is 3.49.